The molecule has 1 heterocycles. The van der Waals surface area contributed by atoms with Gasteiger partial charge in [0.25, 0.3) is 0 Å². The molecule has 1 aromatic rings. The first kappa shape index (κ1) is 11.9. The molecule has 17 heavy (non-hydrogen) atoms. The Kier molecular flexibility index (Phi) is 3.33. The standard InChI is InChI=1S/C13H19N3O/c1-10(14)7-8-16-12-6-4-3-5-11(12)15(2)9-13(16)17/h3-6,10H,7-9,14H2,1-2H3. The smallest absolute Gasteiger partial charge is 0.246 e. The van der Waals surface area contributed by atoms with E-state index in [4.69, 9.17) is 5.73 Å². The van der Waals surface area contributed by atoms with Gasteiger partial charge in [-0.05, 0) is 25.5 Å². The fourth-order valence-corrected chi connectivity index (χ4v) is 2.10. The van der Waals surface area contributed by atoms with Crippen molar-refractivity contribution in [2.75, 3.05) is 29.9 Å². The van der Waals surface area contributed by atoms with E-state index in [0.717, 1.165) is 17.8 Å². The minimum absolute atomic E-state index is 0.120. The highest BCUT2D eigenvalue weighted by molar-refractivity contribution is 6.03. The first-order valence-electron chi connectivity index (χ1n) is 5.95. The van der Waals surface area contributed by atoms with Crippen LogP contribution in [0.25, 0.3) is 0 Å². The molecule has 1 atom stereocenters. The van der Waals surface area contributed by atoms with Crippen molar-refractivity contribution in [1.82, 2.24) is 0 Å². The third-order valence-electron chi connectivity index (χ3n) is 3.07. The van der Waals surface area contributed by atoms with Gasteiger partial charge in [-0.15, -0.1) is 0 Å². The largest absolute Gasteiger partial charge is 0.364 e. The number of carbonyl (C=O) groups excluding carboxylic acids is 1. The molecule has 0 saturated carbocycles. The number of fused-ring (bicyclic) bond motifs is 1. The van der Waals surface area contributed by atoms with Gasteiger partial charge in [0.05, 0.1) is 17.9 Å². The number of hydrogen-bond donors (Lipinski definition) is 1. The van der Waals surface area contributed by atoms with E-state index in [0.29, 0.717) is 13.1 Å². The van der Waals surface area contributed by atoms with Crippen LogP contribution in [0.5, 0.6) is 0 Å². The van der Waals surface area contributed by atoms with Crippen LogP contribution in [0, 0.1) is 0 Å². The van der Waals surface area contributed by atoms with E-state index in [2.05, 4.69) is 0 Å². The molecule has 4 heteroatoms. The van der Waals surface area contributed by atoms with Gasteiger partial charge in [0, 0.05) is 19.6 Å². The second kappa shape index (κ2) is 4.75. The van der Waals surface area contributed by atoms with Crippen LogP contribution < -0.4 is 15.5 Å². The van der Waals surface area contributed by atoms with E-state index in [1.165, 1.54) is 0 Å². The van der Waals surface area contributed by atoms with Crippen molar-refractivity contribution in [3.63, 3.8) is 0 Å². The molecule has 1 unspecified atom stereocenters. The number of nitrogens with two attached hydrogens (primary N) is 1. The van der Waals surface area contributed by atoms with Crippen LogP contribution in [0.15, 0.2) is 24.3 Å². The molecular weight excluding hydrogens is 214 g/mol. The minimum Gasteiger partial charge on any atom is -0.364 e. The number of anilines is 2. The Hall–Kier alpha value is -1.55. The fraction of sp³-hybridized carbons (Fsp3) is 0.462. The molecule has 4 nitrogen and oxygen atoms in total. The van der Waals surface area contributed by atoms with Gasteiger partial charge in [-0.25, -0.2) is 0 Å². The second-order valence-electron chi connectivity index (χ2n) is 4.66. The molecular formula is C13H19N3O. The number of para-hydroxylation sites is 2. The Morgan fingerprint density at radius 3 is 2.65 bits per heavy atom. The van der Waals surface area contributed by atoms with Crippen molar-refractivity contribution in [2.45, 2.75) is 19.4 Å². The zero-order chi connectivity index (χ0) is 12.4. The third kappa shape index (κ3) is 2.42. The molecule has 0 aromatic heterocycles. The van der Waals surface area contributed by atoms with E-state index >= 15 is 0 Å². The van der Waals surface area contributed by atoms with Gasteiger partial charge < -0.3 is 15.5 Å². The van der Waals surface area contributed by atoms with E-state index < -0.39 is 0 Å². The minimum atomic E-state index is 0.120. The molecule has 0 bridgehead atoms. The van der Waals surface area contributed by atoms with E-state index in [9.17, 15) is 4.79 Å². The molecule has 0 fully saturated rings. The second-order valence-corrected chi connectivity index (χ2v) is 4.66. The van der Waals surface area contributed by atoms with Gasteiger partial charge in [0.15, 0.2) is 0 Å². The molecule has 1 aliphatic rings. The molecule has 1 aromatic carbocycles. The summed E-state index contributed by atoms with van der Waals surface area (Å²) in [4.78, 5) is 15.9. The van der Waals surface area contributed by atoms with Crippen LogP contribution in [-0.4, -0.2) is 32.1 Å². The number of amides is 1. The average Bonchev–Trinajstić information content (AvgIpc) is 2.28. The van der Waals surface area contributed by atoms with Crippen LogP contribution in [0.3, 0.4) is 0 Å². The summed E-state index contributed by atoms with van der Waals surface area (Å²) >= 11 is 0. The Morgan fingerprint density at radius 2 is 2.00 bits per heavy atom. The lowest BCUT2D eigenvalue weighted by Crippen LogP contribution is -2.45. The maximum absolute atomic E-state index is 12.0. The summed E-state index contributed by atoms with van der Waals surface area (Å²) < 4.78 is 0. The van der Waals surface area contributed by atoms with Crippen LogP contribution in [-0.2, 0) is 4.79 Å². The van der Waals surface area contributed by atoms with Crippen LogP contribution in [0.4, 0.5) is 11.4 Å². The Bertz CT molecular complexity index is 417. The van der Waals surface area contributed by atoms with Gasteiger partial charge in [0.1, 0.15) is 0 Å². The van der Waals surface area contributed by atoms with Gasteiger partial charge in [-0.2, -0.15) is 0 Å². The summed E-state index contributed by atoms with van der Waals surface area (Å²) in [5, 5.41) is 0. The maximum atomic E-state index is 12.0. The van der Waals surface area contributed by atoms with E-state index in [-0.39, 0.29) is 11.9 Å². The molecule has 1 amide bonds. The molecule has 0 aliphatic carbocycles. The molecule has 2 rings (SSSR count). The molecule has 0 spiro atoms. The van der Waals surface area contributed by atoms with Crippen molar-refractivity contribution >= 4 is 17.3 Å². The zero-order valence-corrected chi connectivity index (χ0v) is 10.4. The van der Waals surface area contributed by atoms with Gasteiger partial charge in [-0.3, -0.25) is 4.79 Å². The van der Waals surface area contributed by atoms with Crippen LogP contribution >= 0.6 is 0 Å². The monoisotopic (exact) mass is 233 g/mol. The quantitative estimate of drug-likeness (QED) is 0.853. The van der Waals surface area contributed by atoms with E-state index in [1.807, 2.05) is 48.0 Å². The summed E-state index contributed by atoms with van der Waals surface area (Å²) in [7, 11) is 1.94. The predicted octanol–water partition coefficient (Wildman–Crippen LogP) is 1.21. The van der Waals surface area contributed by atoms with Crippen molar-refractivity contribution in [2.24, 2.45) is 5.73 Å². The number of rotatable bonds is 3. The first-order valence-corrected chi connectivity index (χ1v) is 5.95. The molecule has 1 aliphatic heterocycles. The number of likely N-dealkylation sites (N-methyl/N-ethyl adjacent to an activating group) is 1. The predicted molar refractivity (Wildman–Crippen MR) is 70.3 cm³/mol. The van der Waals surface area contributed by atoms with E-state index in [1.54, 1.807) is 0 Å². The van der Waals surface area contributed by atoms with Gasteiger partial charge >= 0.3 is 0 Å². The average molecular weight is 233 g/mol. The molecule has 0 saturated heterocycles. The lowest BCUT2D eigenvalue weighted by Gasteiger charge is -2.35. The fourth-order valence-electron chi connectivity index (χ4n) is 2.10. The lowest BCUT2D eigenvalue weighted by molar-refractivity contribution is -0.117. The summed E-state index contributed by atoms with van der Waals surface area (Å²) in [5.74, 6) is 0.145. The number of benzene rings is 1. The molecule has 92 valence electrons. The summed E-state index contributed by atoms with van der Waals surface area (Å²) in [6.07, 6.45) is 0.823. The maximum Gasteiger partial charge on any atom is 0.246 e. The normalized spacial score (nSPS) is 17.0. The molecule has 0 radical (unpaired) electrons. The summed E-state index contributed by atoms with van der Waals surface area (Å²) in [6, 6.07) is 8.11. The Morgan fingerprint density at radius 1 is 1.35 bits per heavy atom. The number of nitrogens with zero attached hydrogens (tertiary/aromatic N) is 2. The summed E-state index contributed by atoms with van der Waals surface area (Å²) in [6.45, 7) is 3.10. The Balaban J connectivity index is 2.26. The zero-order valence-electron chi connectivity index (χ0n) is 10.4. The van der Waals surface area contributed by atoms with Crippen LogP contribution in [0.2, 0.25) is 0 Å². The highest BCUT2D eigenvalue weighted by Crippen LogP contribution is 2.32. The number of hydrogen-bond acceptors (Lipinski definition) is 3. The highest BCUT2D eigenvalue weighted by atomic mass is 16.2. The van der Waals surface area contributed by atoms with Gasteiger partial charge in [0.2, 0.25) is 5.91 Å². The van der Waals surface area contributed by atoms with Crippen LogP contribution in [0.1, 0.15) is 13.3 Å². The Labute approximate surface area is 102 Å². The van der Waals surface area contributed by atoms with Crippen molar-refractivity contribution in [1.29, 1.82) is 0 Å². The van der Waals surface area contributed by atoms with Crippen molar-refractivity contribution in [3.8, 4) is 0 Å². The topological polar surface area (TPSA) is 49.6 Å². The first-order chi connectivity index (χ1) is 8.09. The highest BCUT2D eigenvalue weighted by Gasteiger charge is 2.26. The van der Waals surface area contributed by atoms with Crippen molar-refractivity contribution in [3.05, 3.63) is 24.3 Å². The SMILES string of the molecule is CC(N)CCN1C(=O)CN(C)c2ccccc21. The van der Waals surface area contributed by atoms with Gasteiger partial charge in [-0.1, -0.05) is 12.1 Å². The van der Waals surface area contributed by atoms with Crippen molar-refractivity contribution < 1.29 is 4.79 Å². The lowest BCUT2D eigenvalue weighted by atomic mass is 10.1. The number of carbonyl (C=O) groups is 1. The molecule has 2 N–H and O–H groups in total. The summed E-state index contributed by atoms with van der Waals surface area (Å²) in [5.41, 5.74) is 7.85. The third-order valence-corrected chi connectivity index (χ3v) is 3.07.